The molecule has 6 nitrogen and oxygen atoms in total. The van der Waals surface area contributed by atoms with E-state index in [1.54, 1.807) is 22.9 Å². The first-order valence-electron chi connectivity index (χ1n) is 9.91. The SMILES string of the molecule is CCn1c2ccccc2c2cc(NC(=O)Cn3ncc(=O)c4ccccc43)ccc21. The lowest BCUT2D eigenvalue weighted by molar-refractivity contribution is -0.116. The number of aryl methyl sites for hydroxylation is 1. The molecule has 2 aromatic heterocycles. The Kier molecular flexibility index (Phi) is 4.32. The molecule has 0 saturated carbocycles. The van der Waals surface area contributed by atoms with Crippen LogP contribution in [0.4, 0.5) is 5.69 Å². The minimum absolute atomic E-state index is 0.0234. The summed E-state index contributed by atoms with van der Waals surface area (Å²) in [6, 6.07) is 21.4. The Morgan fingerprint density at radius 2 is 1.60 bits per heavy atom. The van der Waals surface area contributed by atoms with Crippen LogP contribution >= 0.6 is 0 Å². The second-order valence-corrected chi connectivity index (χ2v) is 7.23. The Balaban J connectivity index is 1.48. The number of carbonyl (C=O) groups excluding carboxylic acids is 1. The van der Waals surface area contributed by atoms with E-state index >= 15 is 0 Å². The zero-order valence-electron chi connectivity index (χ0n) is 16.5. The Bertz CT molecular complexity index is 1480. The van der Waals surface area contributed by atoms with Crippen molar-refractivity contribution in [1.82, 2.24) is 14.3 Å². The molecule has 5 aromatic rings. The van der Waals surface area contributed by atoms with Crippen molar-refractivity contribution in [3.8, 4) is 0 Å². The molecule has 0 atom stereocenters. The first kappa shape index (κ1) is 18.1. The lowest BCUT2D eigenvalue weighted by Crippen LogP contribution is -2.22. The molecule has 6 heteroatoms. The van der Waals surface area contributed by atoms with E-state index in [0.717, 1.165) is 23.1 Å². The lowest BCUT2D eigenvalue weighted by atomic mass is 10.1. The third-order valence-corrected chi connectivity index (χ3v) is 5.43. The molecule has 0 saturated heterocycles. The van der Waals surface area contributed by atoms with E-state index in [1.165, 1.54) is 17.1 Å². The molecule has 30 heavy (non-hydrogen) atoms. The van der Waals surface area contributed by atoms with Gasteiger partial charge in [0.25, 0.3) is 0 Å². The summed E-state index contributed by atoms with van der Waals surface area (Å²) in [6.07, 6.45) is 1.25. The number of nitrogens with one attached hydrogen (secondary N) is 1. The quantitative estimate of drug-likeness (QED) is 0.496. The minimum Gasteiger partial charge on any atom is -0.341 e. The first-order chi connectivity index (χ1) is 14.7. The summed E-state index contributed by atoms with van der Waals surface area (Å²) in [5.74, 6) is -0.199. The van der Waals surface area contributed by atoms with Crippen LogP contribution in [0, 0.1) is 0 Å². The van der Waals surface area contributed by atoms with E-state index in [4.69, 9.17) is 0 Å². The summed E-state index contributed by atoms with van der Waals surface area (Å²) in [6.45, 7) is 3.03. The number of fused-ring (bicyclic) bond motifs is 4. The van der Waals surface area contributed by atoms with Crippen LogP contribution in [0.5, 0.6) is 0 Å². The monoisotopic (exact) mass is 396 g/mol. The highest BCUT2D eigenvalue weighted by Gasteiger charge is 2.12. The second-order valence-electron chi connectivity index (χ2n) is 7.23. The van der Waals surface area contributed by atoms with Crippen LogP contribution < -0.4 is 10.7 Å². The topological polar surface area (TPSA) is 68.9 Å². The molecule has 0 unspecified atom stereocenters. The molecule has 148 valence electrons. The summed E-state index contributed by atoms with van der Waals surface area (Å²) in [7, 11) is 0. The number of rotatable bonds is 4. The van der Waals surface area contributed by atoms with Crippen LogP contribution in [0.2, 0.25) is 0 Å². The van der Waals surface area contributed by atoms with Crippen LogP contribution in [0.15, 0.2) is 77.7 Å². The number of para-hydroxylation sites is 2. The molecule has 0 radical (unpaired) electrons. The zero-order chi connectivity index (χ0) is 20.7. The van der Waals surface area contributed by atoms with E-state index in [2.05, 4.69) is 34.0 Å². The van der Waals surface area contributed by atoms with Crippen molar-refractivity contribution in [3.05, 3.63) is 83.2 Å². The van der Waals surface area contributed by atoms with Gasteiger partial charge in [-0.1, -0.05) is 30.3 Å². The van der Waals surface area contributed by atoms with Crippen molar-refractivity contribution in [2.45, 2.75) is 20.0 Å². The van der Waals surface area contributed by atoms with Gasteiger partial charge in [0, 0.05) is 39.4 Å². The van der Waals surface area contributed by atoms with Crippen molar-refractivity contribution < 1.29 is 4.79 Å². The van der Waals surface area contributed by atoms with E-state index < -0.39 is 0 Å². The van der Waals surface area contributed by atoms with Crippen molar-refractivity contribution in [1.29, 1.82) is 0 Å². The van der Waals surface area contributed by atoms with Gasteiger partial charge in [-0.2, -0.15) is 5.10 Å². The molecule has 0 bridgehead atoms. The van der Waals surface area contributed by atoms with E-state index in [1.807, 2.05) is 36.4 Å². The fraction of sp³-hybridized carbons (Fsp3) is 0.125. The predicted molar refractivity (Wildman–Crippen MR) is 120 cm³/mol. The van der Waals surface area contributed by atoms with Crippen LogP contribution in [0.3, 0.4) is 0 Å². The molecule has 2 heterocycles. The maximum atomic E-state index is 12.7. The Morgan fingerprint density at radius 3 is 2.40 bits per heavy atom. The van der Waals surface area contributed by atoms with Gasteiger partial charge in [0.15, 0.2) is 0 Å². The van der Waals surface area contributed by atoms with E-state index in [9.17, 15) is 9.59 Å². The van der Waals surface area contributed by atoms with Gasteiger partial charge in [-0.15, -0.1) is 0 Å². The van der Waals surface area contributed by atoms with E-state index in [0.29, 0.717) is 10.9 Å². The highest BCUT2D eigenvalue weighted by molar-refractivity contribution is 6.09. The Hall–Kier alpha value is -3.93. The number of carbonyl (C=O) groups is 1. The second kappa shape index (κ2) is 7.15. The predicted octanol–water partition coefficient (Wildman–Crippen LogP) is 4.16. The molecular formula is C24H20N4O2. The van der Waals surface area contributed by atoms with Crippen molar-refractivity contribution in [2.24, 2.45) is 0 Å². The molecule has 5 rings (SSSR count). The van der Waals surface area contributed by atoms with Crippen molar-refractivity contribution in [3.63, 3.8) is 0 Å². The standard InChI is InChI=1S/C24H20N4O2/c1-2-27-20-9-5-3-7-17(20)19-13-16(11-12-21(19)27)26-24(30)15-28-22-10-6-4-8-18(22)23(29)14-25-28/h3-14H,2,15H2,1H3,(H,26,30). The number of hydrogen-bond donors (Lipinski definition) is 1. The largest absolute Gasteiger partial charge is 0.341 e. The molecular weight excluding hydrogens is 376 g/mol. The van der Waals surface area contributed by atoms with Crippen molar-refractivity contribution >= 4 is 44.3 Å². The van der Waals surface area contributed by atoms with Gasteiger partial charge in [0.2, 0.25) is 11.3 Å². The summed E-state index contributed by atoms with van der Waals surface area (Å²) in [5, 5.41) is 9.92. The molecule has 0 fully saturated rings. The summed E-state index contributed by atoms with van der Waals surface area (Å²) < 4.78 is 3.82. The normalized spacial score (nSPS) is 11.4. The molecule has 3 aromatic carbocycles. The van der Waals surface area contributed by atoms with Gasteiger partial charge < -0.3 is 9.88 Å². The number of nitrogens with zero attached hydrogens (tertiary/aromatic N) is 3. The highest BCUT2D eigenvalue weighted by Crippen LogP contribution is 2.31. The van der Waals surface area contributed by atoms with Gasteiger partial charge >= 0.3 is 0 Å². The lowest BCUT2D eigenvalue weighted by Gasteiger charge is -2.10. The molecule has 0 aliphatic carbocycles. The summed E-state index contributed by atoms with van der Waals surface area (Å²) in [4.78, 5) is 24.7. The van der Waals surface area contributed by atoms with Gasteiger partial charge in [0.05, 0.1) is 11.7 Å². The maximum Gasteiger partial charge on any atom is 0.246 e. The molecule has 0 spiro atoms. The third kappa shape index (κ3) is 2.93. The average molecular weight is 396 g/mol. The van der Waals surface area contributed by atoms with Gasteiger partial charge in [0.1, 0.15) is 6.54 Å². The fourth-order valence-electron chi connectivity index (χ4n) is 4.10. The highest BCUT2D eigenvalue weighted by atomic mass is 16.2. The zero-order valence-corrected chi connectivity index (χ0v) is 16.5. The van der Waals surface area contributed by atoms with Gasteiger partial charge in [-0.05, 0) is 43.3 Å². The first-order valence-corrected chi connectivity index (χ1v) is 9.91. The molecule has 1 N–H and O–H groups in total. The molecule has 1 amide bonds. The number of hydrogen-bond acceptors (Lipinski definition) is 3. The van der Waals surface area contributed by atoms with Gasteiger partial charge in [-0.3, -0.25) is 14.3 Å². The van der Waals surface area contributed by atoms with Crippen LogP contribution in [-0.2, 0) is 17.9 Å². The van der Waals surface area contributed by atoms with Gasteiger partial charge in [-0.25, -0.2) is 0 Å². The van der Waals surface area contributed by atoms with Crippen LogP contribution in [0.1, 0.15) is 6.92 Å². The number of benzene rings is 3. The van der Waals surface area contributed by atoms with Crippen LogP contribution in [0.25, 0.3) is 32.7 Å². The smallest absolute Gasteiger partial charge is 0.246 e. The number of anilines is 1. The Morgan fingerprint density at radius 1 is 0.900 bits per heavy atom. The third-order valence-electron chi connectivity index (χ3n) is 5.43. The number of aromatic nitrogens is 3. The van der Waals surface area contributed by atoms with E-state index in [-0.39, 0.29) is 17.9 Å². The fourth-order valence-corrected chi connectivity index (χ4v) is 4.10. The number of amides is 1. The average Bonchev–Trinajstić information content (AvgIpc) is 3.09. The maximum absolute atomic E-state index is 12.7. The Labute approximate surface area is 172 Å². The summed E-state index contributed by atoms with van der Waals surface area (Å²) in [5.41, 5.74) is 3.55. The minimum atomic E-state index is -0.199. The van der Waals surface area contributed by atoms with Crippen LogP contribution in [-0.4, -0.2) is 20.3 Å². The molecule has 0 aliphatic heterocycles. The molecule has 0 aliphatic rings. The van der Waals surface area contributed by atoms with Crippen molar-refractivity contribution in [2.75, 3.05) is 5.32 Å². The summed E-state index contributed by atoms with van der Waals surface area (Å²) >= 11 is 0.